The summed E-state index contributed by atoms with van der Waals surface area (Å²) in [6.07, 6.45) is 0. The molecule has 3 nitrogen and oxygen atoms in total. The maximum absolute atomic E-state index is 13.0. The van der Waals surface area contributed by atoms with Gasteiger partial charge in [0.25, 0.3) is 0 Å². The van der Waals surface area contributed by atoms with E-state index in [1.165, 1.54) is 13.2 Å². The molecule has 0 heterocycles. The summed E-state index contributed by atoms with van der Waals surface area (Å²) >= 11 is 0. The highest BCUT2D eigenvalue weighted by Gasteiger charge is 2.06. The quantitative estimate of drug-likeness (QED) is 0.578. The largest absolute Gasteiger partial charge is 0.493 e. The molecule has 0 aliphatic carbocycles. The van der Waals surface area contributed by atoms with Crippen LogP contribution < -0.4 is 16.0 Å². The molecule has 0 atom stereocenters. The van der Waals surface area contributed by atoms with Crippen LogP contribution in [-0.2, 0) is 6.54 Å². The van der Waals surface area contributed by atoms with Crippen molar-refractivity contribution < 1.29 is 9.13 Å². The third-order valence-electron chi connectivity index (χ3n) is 1.55. The van der Waals surface area contributed by atoms with E-state index in [0.717, 1.165) is 0 Å². The molecule has 3 N–H and O–H groups in total. The molecule has 1 aromatic rings. The molecule has 1 rings (SSSR count). The van der Waals surface area contributed by atoms with Crippen molar-refractivity contribution in [2.75, 3.05) is 7.11 Å². The predicted octanol–water partition coefficient (Wildman–Crippen LogP) is 1.22. The SMILES string of the molecule is COc1c(F)cccc1CNN.Cl. The van der Waals surface area contributed by atoms with E-state index in [1.807, 2.05) is 0 Å². The summed E-state index contributed by atoms with van der Waals surface area (Å²) in [6, 6.07) is 4.71. The summed E-state index contributed by atoms with van der Waals surface area (Å²) in [6.45, 7) is 0.390. The number of methoxy groups -OCH3 is 1. The number of rotatable bonds is 3. The molecule has 0 spiro atoms. The van der Waals surface area contributed by atoms with Crippen molar-refractivity contribution in [1.29, 1.82) is 0 Å². The molecule has 0 saturated heterocycles. The first kappa shape index (κ1) is 12.2. The lowest BCUT2D eigenvalue weighted by atomic mass is 10.2. The van der Waals surface area contributed by atoms with Crippen molar-refractivity contribution in [3.8, 4) is 5.75 Å². The van der Waals surface area contributed by atoms with Crippen LogP contribution in [0.2, 0.25) is 0 Å². The average Bonchev–Trinajstić information content (AvgIpc) is 2.05. The fourth-order valence-corrected chi connectivity index (χ4v) is 1.03. The van der Waals surface area contributed by atoms with Crippen molar-refractivity contribution in [3.63, 3.8) is 0 Å². The third kappa shape index (κ3) is 2.84. The van der Waals surface area contributed by atoms with Crippen molar-refractivity contribution in [2.24, 2.45) is 5.84 Å². The predicted molar refractivity (Wildman–Crippen MR) is 51.2 cm³/mol. The van der Waals surface area contributed by atoms with Crippen molar-refractivity contribution in [1.82, 2.24) is 5.43 Å². The highest BCUT2D eigenvalue weighted by atomic mass is 35.5. The first-order valence-electron chi connectivity index (χ1n) is 3.54. The summed E-state index contributed by atoms with van der Waals surface area (Å²) < 4.78 is 17.8. The zero-order valence-corrected chi connectivity index (χ0v) is 8.03. The molecule has 0 unspecified atom stereocenters. The Balaban J connectivity index is 0.00000144. The number of nitrogens with one attached hydrogen (secondary N) is 1. The van der Waals surface area contributed by atoms with E-state index in [0.29, 0.717) is 12.1 Å². The molecule has 0 aliphatic heterocycles. The molecule has 1 aromatic carbocycles. The number of para-hydroxylation sites is 1. The van der Waals surface area contributed by atoms with Gasteiger partial charge in [-0.25, -0.2) is 4.39 Å². The lowest BCUT2D eigenvalue weighted by Gasteiger charge is -2.07. The number of nitrogens with two attached hydrogens (primary N) is 1. The van der Waals surface area contributed by atoms with Crippen LogP contribution in [0.15, 0.2) is 18.2 Å². The molecule has 0 radical (unpaired) electrons. The Morgan fingerprint density at radius 1 is 1.54 bits per heavy atom. The third-order valence-corrected chi connectivity index (χ3v) is 1.55. The average molecular weight is 207 g/mol. The van der Waals surface area contributed by atoms with E-state index in [2.05, 4.69) is 5.43 Å². The summed E-state index contributed by atoms with van der Waals surface area (Å²) in [5, 5.41) is 0. The zero-order valence-electron chi connectivity index (χ0n) is 7.21. The van der Waals surface area contributed by atoms with Gasteiger partial charge in [-0.05, 0) is 6.07 Å². The van der Waals surface area contributed by atoms with E-state index in [-0.39, 0.29) is 24.0 Å². The number of hydrogen-bond donors (Lipinski definition) is 2. The van der Waals surface area contributed by atoms with Gasteiger partial charge >= 0.3 is 0 Å². The maximum Gasteiger partial charge on any atom is 0.165 e. The lowest BCUT2D eigenvalue weighted by Crippen LogP contribution is -2.21. The maximum atomic E-state index is 13.0. The number of hydrazine groups is 1. The van der Waals surface area contributed by atoms with Gasteiger partial charge in [-0.15, -0.1) is 12.4 Å². The minimum atomic E-state index is -0.370. The lowest BCUT2D eigenvalue weighted by molar-refractivity contribution is 0.380. The number of halogens is 2. The molecule has 0 saturated carbocycles. The Hall–Kier alpha value is -0.840. The van der Waals surface area contributed by atoms with E-state index in [1.54, 1.807) is 12.1 Å². The standard InChI is InChI=1S/C8H11FN2O.ClH/c1-12-8-6(5-11-10)3-2-4-7(8)9;/h2-4,11H,5,10H2,1H3;1H. The Morgan fingerprint density at radius 2 is 2.23 bits per heavy atom. The Morgan fingerprint density at radius 3 is 2.77 bits per heavy atom. The molecule has 0 aromatic heterocycles. The highest BCUT2D eigenvalue weighted by molar-refractivity contribution is 5.85. The van der Waals surface area contributed by atoms with Crippen molar-refractivity contribution >= 4 is 12.4 Å². The van der Waals surface area contributed by atoms with Crippen LogP contribution in [0.25, 0.3) is 0 Å². The smallest absolute Gasteiger partial charge is 0.165 e. The van der Waals surface area contributed by atoms with E-state index in [9.17, 15) is 4.39 Å². The van der Waals surface area contributed by atoms with Crippen LogP contribution in [0.4, 0.5) is 4.39 Å². The fraction of sp³-hybridized carbons (Fsp3) is 0.250. The summed E-state index contributed by atoms with van der Waals surface area (Å²) in [5.74, 6) is 4.98. The Labute approximate surface area is 82.5 Å². The van der Waals surface area contributed by atoms with Gasteiger partial charge < -0.3 is 4.74 Å². The van der Waals surface area contributed by atoms with Crippen LogP contribution in [0, 0.1) is 5.82 Å². The van der Waals surface area contributed by atoms with Crippen LogP contribution in [0.5, 0.6) is 5.75 Å². The van der Waals surface area contributed by atoms with Gasteiger partial charge in [0.1, 0.15) is 0 Å². The van der Waals surface area contributed by atoms with Gasteiger partial charge in [0, 0.05) is 12.1 Å². The summed E-state index contributed by atoms with van der Waals surface area (Å²) in [7, 11) is 1.43. The molecular weight excluding hydrogens is 195 g/mol. The van der Waals surface area contributed by atoms with Crippen LogP contribution >= 0.6 is 12.4 Å². The second kappa shape index (κ2) is 5.75. The second-order valence-electron chi connectivity index (χ2n) is 2.31. The van der Waals surface area contributed by atoms with Crippen LogP contribution in [0.1, 0.15) is 5.56 Å². The first-order chi connectivity index (χ1) is 5.79. The topological polar surface area (TPSA) is 47.3 Å². The van der Waals surface area contributed by atoms with Gasteiger partial charge in [0.2, 0.25) is 0 Å². The minimum Gasteiger partial charge on any atom is -0.493 e. The molecule has 5 heteroatoms. The van der Waals surface area contributed by atoms with E-state index < -0.39 is 0 Å². The zero-order chi connectivity index (χ0) is 8.97. The molecule has 0 fully saturated rings. The second-order valence-corrected chi connectivity index (χ2v) is 2.31. The van der Waals surface area contributed by atoms with E-state index >= 15 is 0 Å². The van der Waals surface area contributed by atoms with Gasteiger partial charge in [0.15, 0.2) is 11.6 Å². The van der Waals surface area contributed by atoms with Gasteiger partial charge in [-0.3, -0.25) is 11.3 Å². The van der Waals surface area contributed by atoms with Crippen LogP contribution in [0.3, 0.4) is 0 Å². The first-order valence-corrected chi connectivity index (χ1v) is 3.54. The highest BCUT2D eigenvalue weighted by Crippen LogP contribution is 2.21. The Kier molecular flexibility index (Phi) is 5.37. The van der Waals surface area contributed by atoms with Gasteiger partial charge in [0.05, 0.1) is 7.11 Å². The molecule has 74 valence electrons. The monoisotopic (exact) mass is 206 g/mol. The van der Waals surface area contributed by atoms with E-state index in [4.69, 9.17) is 10.6 Å². The number of ether oxygens (including phenoxy) is 1. The fourth-order valence-electron chi connectivity index (χ4n) is 1.03. The minimum absolute atomic E-state index is 0. The number of hydrogen-bond acceptors (Lipinski definition) is 3. The number of benzene rings is 1. The van der Waals surface area contributed by atoms with Gasteiger partial charge in [-0.1, -0.05) is 12.1 Å². The molecule has 0 aliphatic rings. The van der Waals surface area contributed by atoms with Crippen LogP contribution in [-0.4, -0.2) is 7.11 Å². The normalized spacial score (nSPS) is 9.15. The van der Waals surface area contributed by atoms with Crippen molar-refractivity contribution in [2.45, 2.75) is 6.54 Å². The summed E-state index contributed by atoms with van der Waals surface area (Å²) in [5.41, 5.74) is 3.15. The Bertz CT molecular complexity index is 270. The van der Waals surface area contributed by atoms with Crippen molar-refractivity contribution in [3.05, 3.63) is 29.6 Å². The molecule has 0 bridgehead atoms. The molecule has 13 heavy (non-hydrogen) atoms. The van der Waals surface area contributed by atoms with Gasteiger partial charge in [-0.2, -0.15) is 0 Å². The summed E-state index contributed by atoms with van der Waals surface area (Å²) in [4.78, 5) is 0. The molecular formula is C8H12ClFN2O. The molecule has 0 amide bonds.